The summed E-state index contributed by atoms with van der Waals surface area (Å²) in [7, 11) is -10.1. The maximum atomic E-state index is 13.8. The molecule has 0 radical (unpaired) electrons. The first-order chi connectivity index (χ1) is 52.5. The molecule has 6 rings (SSSR count). The smallest absolute Gasteiger partial charge is 0.394 e. The molecule has 0 aromatic rings. The normalized spacial score (nSPS) is 33.5. The first kappa shape index (κ1) is 95.0. The molecule has 638 valence electrons. The number of phosphoric ester groups is 2. The zero-order valence-corrected chi connectivity index (χ0v) is 64.0. The Morgan fingerprint density at radius 2 is 0.664 bits per heavy atom. The number of nitrogens with one attached hydrogen (secondary N) is 6. The van der Waals surface area contributed by atoms with Crippen molar-refractivity contribution in [2.24, 2.45) is 0 Å². The summed E-state index contributed by atoms with van der Waals surface area (Å²) < 4.78 is 124. The van der Waals surface area contributed by atoms with E-state index in [4.69, 9.17) is 79.7 Å². The molecule has 5 unspecified atom stereocenters. The third kappa shape index (κ3) is 32.3. The summed E-state index contributed by atoms with van der Waals surface area (Å²) in [6.45, 7) is 1.49. The number of amides is 6. The Bertz CT molecular complexity index is 2840. The van der Waals surface area contributed by atoms with Gasteiger partial charge in [0, 0.05) is 86.1 Å². The first-order valence-electron chi connectivity index (χ1n) is 37.2. The second-order valence-corrected chi connectivity index (χ2v) is 30.0. The summed E-state index contributed by atoms with van der Waals surface area (Å²) in [5, 5.41) is 116. The van der Waals surface area contributed by atoms with Crippen LogP contribution in [-0.4, -0.2) is 349 Å². The number of rotatable bonds is 52. The van der Waals surface area contributed by atoms with Gasteiger partial charge in [-0.25, -0.2) is 9.13 Å². The molecule has 18 N–H and O–H groups in total. The van der Waals surface area contributed by atoms with Crippen molar-refractivity contribution in [1.82, 2.24) is 31.9 Å². The second-order valence-electron chi connectivity index (χ2n) is 27.1. The number of carbonyl (C=O) groups excluding carboxylic acids is 6. The number of aliphatic hydroxyl groups is 10. The maximum Gasteiger partial charge on any atom is 0.472 e. The van der Waals surface area contributed by atoms with E-state index in [0.29, 0.717) is 83.6 Å². The maximum absolute atomic E-state index is 13.8. The highest BCUT2D eigenvalue weighted by molar-refractivity contribution is 7.47. The number of hydrogen-bond donors (Lipinski definition) is 18. The lowest BCUT2D eigenvalue weighted by Crippen LogP contribution is -2.64. The third-order valence-corrected chi connectivity index (χ3v) is 20.4. The van der Waals surface area contributed by atoms with E-state index >= 15 is 0 Å². The number of aliphatic hydroxyl groups excluding tert-OH is 10. The molecule has 0 aromatic carbocycles. The molecule has 6 saturated heterocycles. The van der Waals surface area contributed by atoms with Crippen LogP contribution < -0.4 is 31.9 Å². The van der Waals surface area contributed by atoms with Gasteiger partial charge in [-0.1, -0.05) is 38.5 Å². The first-order valence-corrected chi connectivity index (χ1v) is 40.2. The summed E-state index contributed by atoms with van der Waals surface area (Å²) in [6.07, 6.45) is -19.1. The number of carbonyl (C=O) groups is 6. The molecule has 0 aliphatic carbocycles. The number of phosphoric acid groups is 2. The van der Waals surface area contributed by atoms with Gasteiger partial charge in [0.15, 0.2) is 37.7 Å². The van der Waals surface area contributed by atoms with Crippen molar-refractivity contribution in [2.75, 3.05) is 106 Å². The molecule has 6 fully saturated rings. The molecular formula is C65H116N6O37P2. The largest absolute Gasteiger partial charge is 0.472 e. The van der Waals surface area contributed by atoms with Gasteiger partial charge >= 0.3 is 15.6 Å². The van der Waals surface area contributed by atoms with Crippen LogP contribution in [0.1, 0.15) is 124 Å². The van der Waals surface area contributed by atoms with Crippen LogP contribution in [-0.2, 0) is 118 Å². The van der Waals surface area contributed by atoms with Gasteiger partial charge in [0.25, 0.3) is 0 Å². The standard InChI is InChI=1S/C65H116N6O37P2/c1-5-92-39-24-51(93-21-15-9-6-12-18-66-48(79)33-96-63-54(69-36(2)76)60(85)57(82)43(28-73)104-63)102-46(39)31-99-110(90,91)108-41-26-53(95-23-17-11-8-14-20-68-50(81)35-98-65-56(71-38(4)78)62(87)59(84)45(30-75)106-65)103-47(41)32-100-109(88,89)107-40-25-52(101-42(40)27-72)94-22-16-10-7-13-19-67-49(80)34-97-64-55(70-37(3)77)61(86)58(83)44(29-74)105-64/h39-47,51-65,72-75,82-87H,5-35H2,1-4H3,(H,66,79)(H,67,80)(H,68,81)(H,69,76)(H,70,77)(H,71,78)(H,88,89)(H,90,91)/t39?,40?,41?,42-,43-,44-,45-,46-,47-,51-,52-,53-,54-,55-,56-,57+,58+,59+,60-,61-,62-,63-,64-,65-/m1/s1. The van der Waals surface area contributed by atoms with Crippen LogP contribution in [0.3, 0.4) is 0 Å². The van der Waals surface area contributed by atoms with E-state index in [0.717, 1.165) is 0 Å². The van der Waals surface area contributed by atoms with Crippen molar-refractivity contribution in [3.05, 3.63) is 0 Å². The fourth-order valence-electron chi connectivity index (χ4n) is 12.7. The van der Waals surface area contributed by atoms with E-state index in [1.165, 1.54) is 20.8 Å². The fraction of sp³-hybridized carbons (Fsp3) is 0.908. The van der Waals surface area contributed by atoms with Gasteiger partial charge in [-0.2, -0.15) is 0 Å². The molecule has 0 spiro atoms. The summed E-state index contributed by atoms with van der Waals surface area (Å²) in [4.78, 5) is 95.1. The lowest BCUT2D eigenvalue weighted by Gasteiger charge is -2.42. The van der Waals surface area contributed by atoms with Crippen LogP contribution >= 0.6 is 15.6 Å². The van der Waals surface area contributed by atoms with Gasteiger partial charge in [0.2, 0.25) is 35.4 Å². The Labute approximate surface area is 636 Å². The van der Waals surface area contributed by atoms with Gasteiger partial charge in [0.05, 0.1) is 45.7 Å². The van der Waals surface area contributed by atoms with Gasteiger partial charge in [-0.3, -0.25) is 46.9 Å². The van der Waals surface area contributed by atoms with Crippen molar-refractivity contribution < 1.29 is 178 Å². The highest BCUT2D eigenvalue weighted by Gasteiger charge is 2.50. The van der Waals surface area contributed by atoms with Crippen molar-refractivity contribution in [3.63, 3.8) is 0 Å². The van der Waals surface area contributed by atoms with Crippen LogP contribution in [0.15, 0.2) is 0 Å². The molecule has 0 saturated carbocycles. The van der Waals surface area contributed by atoms with E-state index in [9.17, 15) is 98.7 Å². The van der Waals surface area contributed by atoms with E-state index in [1.807, 2.05) is 0 Å². The molecule has 26 atom stereocenters. The van der Waals surface area contributed by atoms with E-state index in [-0.39, 0.29) is 58.8 Å². The van der Waals surface area contributed by atoms with E-state index in [2.05, 4.69) is 31.9 Å². The Morgan fingerprint density at radius 1 is 0.373 bits per heavy atom. The van der Waals surface area contributed by atoms with Crippen molar-refractivity contribution >= 4 is 51.1 Å². The molecule has 110 heavy (non-hydrogen) atoms. The highest BCUT2D eigenvalue weighted by Crippen LogP contribution is 2.51. The number of hydrogen-bond acceptors (Lipinski definition) is 35. The van der Waals surface area contributed by atoms with Gasteiger partial charge in [-0.05, 0) is 45.4 Å². The van der Waals surface area contributed by atoms with Crippen LogP contribution in [0.4, 0.5) is 0 Å². The van der Waals surface area contributed by atoms with Crippen LogP contribution in [0, 0.1) is 0 Å². The molecule has 6 heterocycles. The topological polar surface area (TPSA) is 608 Å². The molecule has 6 aliphatic heterocycles. The SMILES string of the molecule is CCOC1C[C@H](OCCCCCCNC(=O)CO[C@@H]2O[C@H](CO)[C@H](O)[C@H](O)[C@H]2NC(C)=O)O[C@@H]1COP(=O)(O)OC1C[C@H](OCCCCCCNC(=O)CO[C@@H]2O[C@H](CO)[C@H](O)[C@H](O)[C@H]2NC(C)=O)O[C@@H]1COP(=O)(O)OC1C[C@H](OCCCCCCNC(=O)CO[C@@H]2O[C@H](CO)[C@H](O)[C@H](O)[C@H]2NC(C)=O)O[C@@H]1CO. The lowest BCUT2D eigenvalue weighted by atomic mass is 9.97. The fourth-order valence-corrected chi connectivity index (χ4v) is 14.6. The third-order valence-electron chi connectivity index (χ3n) is 18.4. The van der Waals surface area contributed by atoms with Crippen LogP contribution in [0.25, 0.3) is 0 Å². The predicted molar refractivity (Wildman–Crippen MR) is 370 cm³/mol. The van der Waals surface area contributed by atoms with E-state index in [1.54, 1.807) is 6.92 Å². The number of unbranched alkanes of at least 4 members (excludes halogenated alkanes) is 9. The Morgan fingerprint density at radius 3 is 0.973 bits per heavy atom. The Kier molecular flexibility index (Phi) is 42.5. The van der Waals surface area contributed by atoms with Crippen molar-refractivity contribution in [2.45, 2.75) is 271 Å². The van der Waals surface area contributed by atoms with Gasteiger partial charge < -0.3 is 154 Å². The van der Waals surface area contributed by atoms with Crippen molar-refractivity contribution in [3.8, 4) is 0 Å². The summed E-state index contributed by atoms with van der Waals surface area (Å²) >= 11 is 0. The molecule has 43 nitrogen and oxygen atoms in total. The van der Waals surface area contributed by atoms with E-state index < -0.39 is 258 Å². The van der Waals surface area contributed by atoms with Crippen molar-refractivity contribution in [1.29, 1.82) is 0 Å². The average Bonchev–Trinajstić information content (AvgIpc) is 1.32. The molecule has 6 amide bonds. The highest BCUT2D eigenvalue weighted by atomic mass is 31.2. The Hall–Kier alpha value is -3.88. The minimum Gasteiger partial charge on any atom is -0.394 e. The summed E-state index contributed by atoms with van der Waals surface area (Å²) in [5.74, 6) is -3.24. The molecule has 0 aromatic heterocycles. The molecule has 45 heteroatoms. The summed E-state index contributed by atoms with van der Waals surface area (Å²) in [6, 6.07) is -3.64. The predicted octanol–water partition coefficient (Wildman–Crippen LogP) is -5.31. The number of ether oxygens (including phenoxy) is 13. The van der Waals surface area contributed by atoms with Crippen LogP contribution in [0.5, 0.6) is 0 Å². The zero-order valence-electron chi connectivity index (χ0n) is 62.2. The second kappa shape index (κ2) is 49.2. The summed E-state index contributed by atoms with van der Waals surface area (Å²) in [5.41, 5.74) is 0. The van der Waals surface area contributed by atoms with Crippen LogP contribution in [0.2, 0.25) is 0 Å². The Balaban J connectivity index is 0.922. The molecule has 6 aliphatic rings. The van der Waals surface area contributed by atoms with Gasteiger partial charge in [0.1, 0.15) is 123 Å². The molecular weight excluding hydrogens is 1520 g/mol. The monoisotopic (exact) mass is 1630 g/mol. The lowest BCUT2D eigenvalue weighted by molar-refractivity contribution is -0.268. The molecule has 0 bridgehead atoms. The minimum atomic E-state index is -5.05. The quantitative estimate of drug-likeness (QED) is 0.0200. The minimum absolute atomic E-state index is 0.0989. The zero-order chi connectivity index (χ0) is 80.5. The van der Waals surface area contributed by atoms with Gasteiger partial charge in [-0.15, -0.1) is 0 Å². The average molecular weight is 1640 g/mol.